The van der Waals surface area contributed by atoms with Crippen molar-refractivity contribution in [3.05, 3.63) is 48.3 Å². The topological polar surface area (TPSA) is 75.5 Å². The third-order valence-electron chi connectivity index (χ3n) is 7.04. The molecule has 0 bridgehead atoms. The van der Waals surface area contributed by atoms with Gasteiger partial charge in [-0.05, 0) is 54.7 Å². The number of hydrogen-bond donors (Lipinski definition) is 0. The number of rotatable bonds is 6. The molecule has 1 aromatic heterocycles. The predicted octanol–water partition coefficient (Wildman–Crippen LogP) is 5.65. The first-order chi connectivity index (χ1) is 15.0. The van der Waals surface area contributed by atoms with E-state index in [0.717, 1.165) is 35.3 Å². The lowest BCUT2D eigenvalue weighted by Crippen LogP contribution is -2.43. The third-order valence-corrected chi connectivity index (χ3v) is 11.5. The van der Waals surface area contributed by atoms with Crippen molar-refractivity contribution in [2.75, 3.05) is 18.1 Å². The number of nitriles is 1. The minimum absolute atomic E-state index is 0.117. The van der Waals surface area contributed by atoms with Crippen molar-refractivity contribution in [2.45, 2.75) is 63.3 Å². The molecule has 168 valence electrons. The maximum Gasteiger partial charge on any atom is 0.414 e. The van der Waals surface area contributed by atoms with E-state index in [4.69, 9.17) is 9.16 Å². The minimum Gasteiger partial charge on any atom is -0.442 e. The largest absolute Gasteiger partial charge is 0.442 e. The van der Waals surface area contributed by atoms with Crippen molar-refractivity contribution < 1.29 is 14.0 Å². The van der Waals surface area contributed by atoms with Crippen LogP contribution in [0.4, 0.5) is 10.5 Å². The van der Waals surface area contributed by atoms with Crippen molar-refractivity contribution in [2.24, 2.45) is 0 Å². The Morgan fingerprint density at radius 1 is 1.19 bits per heavy atom. The molecule has 1 atom stereocenters. The lowest BCUT2D eigenvalue weighted by atomic mass is 10.0. The number of aromatic nitrogens is 1. The first-order valence-electron chi connectivity index (χ1n) is 11.1. The predicted molar refractivity (Wildman–Crippen MR) is 127 cm³/mol. The number of carbonyl (C=O) groups excluding carboxylic acids is 1. The zero-order chi connectivity index (χ0) is 23.1. The molecular weight excluding hydrogens is 418 g/mol. The Morgan fingerprint density at radius 3 is 2.38 bits per heavy atom. The normalized spacial score (nSPS) is 20.1. The average molecular weight is 450 g/mol. The van der Waals surface area contributed by atoms with Crippen molar-refractivity contribution in [3.63, 3.8) is 0 Å². The Hall–Kier alpha value is -2.69. The van der Waals surface area contributed by atoms with Gasteiger partial charge < -0.3 is 9.16 Å². The highest BCUT2D eigenvalue weighted by molar-refractivity contribution is 6.74. The van der Waals surface area contributed by atoms with Crippen LogP contribution in [0, 0.1) is 11.3 Å². The Balaban J connectivity index is 1.40. The van der Waals surface area contributed by atoms with E-state index in [1.54, 1.807) is 4.90 Å². The number of anilines is 1. The van der Waals surface area contributed by atoms with Gasteiger partial charge in [0, 0.05) is 17.4 Å². The zero-order valence-electron chi connectivity index (χ0n) is 19.5. The number of pyridine rings is 1. The molecule has 0 spiro atoms. The SMILES string of the molecule is CC(C)(C)[Si](C)(C)OC[C@H]1CN(c2ccc(-c3ccc(C4(C#N)CC4)nc3)cc2)C(=O)O1. The summed E-state index contributed by atoms with van der Waals surface area (Å²) in [5.74, 6) is 0. The van der Waals surface area contributed by atoms with Crippen LogP contribution in [-0.2, 0) is 14.6 Å². The standard InChI is InChI=1S/C25H31N3O3Si/c1-24(2,3)32(4,5)30-16-21-15-28(23(29)31-21)20-9-6-18(7-10-20)19-8-11-22(27-14-19)25(17-26)12-13-25/h6-11,14,21H,12-13,15-16H2,1-5H3/t21-/m1/s1. The van der Waals surface area contributed by atoms with Gasteiger partial charge in [-0.3, -0.25) is 9.88 Å². The van der Waals surface area contributed by atoms with Gasteiger partial charge in [0.1, 0.15) is 6.10 Å². The maximum atomic E-state index is 12.5. The second-order valence-electron chi connectivity index (χ2n) is 10.4. The van der Waals surface area contributed by atoms with Gasteiger partial charge in [0.25, 0.3) is 0 Å². The summed E-state index contributed by atoms with van der Waals surface area (Å²) in [6.07, 6.45) is 3.00. The molecule has 2 aliphatic rings. The molecule has 6 nitrogen and oxygen atoms in total. The van der Waals surface area contributed by atoms with E-state index >= 15 is 0 Å². The molecule has 1 aliphatic heterocycles. The first-order valence-corrected chi connectivity index (χ1v) is 14.1. The van der Waals surface area contributed by atoms with Gasteiger partial charge in [-0.2, -0.15) is 5.26 Å². The minimum atomic E-state index is -1.89. The zero-order valence-corrected chi connectivity index (χ0v) is 20.5. The van der Waals surface area contributed by atoms with Crippen molar-refractivity contribution in [1.82, 2.24) is 4.98 Å². The highest BCUT2D eigenvalue weighted by Crippen LogP contribution is 2.46. The number of nitrogens with zero attached hydrogens (tertiary/aromatic N) is 3. The van der Waals surface area contributed by atoms with Crippen LogP contribution in [0.2, 0.25) is 18.1 Å². The number of benzene rings is 1. The van der Waals surface area contributed by atoms with E-state index in [-0.39, 0.29) is 22.7 Å². The molecule has 2 fully saturated rings. The van der Waals surface area contributed by atoms with Crippen molar-refractivity contribution in [1.29, 1.82) is 5.26 Å². The van der Waals surface area contributed by atoms with Crippen LogP contribution in [0.5, 0.6) is 0 Å². The fourth-order valence-electron chi connectivity index (χ4n) is 3.57. The summed E-state index contributed by atoms with van der Waals surface area (Å²) in [7, 11) is -1.89. The molecule has 1 saturated heterocycles. The maximum absolute atomic E-state index is 12.5. The van der Waals surface area contributed by atoms with E-state index in [1.807, 2.05) is 42.6 Å². The first kappa shape index (κ1) is 22.5. The summed E-state index contributed by atoms with van der Waals surface area (Å²) in [5, 5.41) is 9.46. The van der Waals surface area contributed by atoms with Gasteiger partial charge >= 0.3 is 6.09 Å². The number of carbonyl (C=O) groups is 1. The Morgan fingerprint density at radius 2 is 1.84 bits per heavy atom. The van der Waals surface area contributed by atoms with Gasteiger partial charge in [0.2, 0.25) is 0 Å². The molecule has 1 aliphatic carbocycles. The van der Waals surface area contributed by atoms with Gasteiger partial charge in [0.05, 0.1) is 30.3 Å². The molecule has 32 heavy (non-hydrogen) atoms. The fourth-order valence-corrected chi connectivity index (χ4v) is 4.60. The molecule has 1 amide bonds. The van der Waals surface area contributed by atoms with Crippen LogP contribution in [0.15, 0.2) is 42.6 Å². The second-order valence-corrected chi connectivity index (χ2v) is 15.2. The molecule has 1 saturated carbocycles. The molecule has 2 aromatic rings. The Bertz CT molecular complexity index is 1030. The van der Waals surface area contributed by atoms with E-state index in [0.29, 0.717) is 13.2 Å². The average Bonchev–Trinajstić information content (AvgIpc) is 3.48. The number of cyclic esters (lactones) is 1. The van der Waals surface area contributed by atoms with Gasteiger partial charge in [0.15, 0.2) is 8.32 Å². The van der Waals surface area contributed by atoms with Gasteiger partial charge in [-0.25, -0.2) is 4.79 Å². The lowest BCUT2D eigenvalue weighted by Gasteiger charge is -2.36. The van der Waals surface area contributed by atoms with Gasteiger partial charge in [-0.1, -0.05) is 39.0 Å². The van der Waals surface area contributed by atoms with Crippen LogP contribution in [-0.4, -0.2) is 38.7 Å². The smallest absolute Gasteiger partial charge is 0.414 e. The molecule has 0 unspecified atom stereocenters. The van der Waals surface area contributed by atoms with E-state index in [1.165, 1.54) is 0 Å². The lowest BCUT2D eigenvalue weighted by molar-refractivity contribution is 0.0997. The highest BCUT2D eigenvalue weighted by Gasteiger charge is 2.46. The van der Waals surface area contributed by atoms with Crippen LogP contribution in [0.1, 0.15) is 39.3 Å². The van der Waals surface area contributed by atoms with Crippen molar-refractivity contribution in [3.8, 4) is 17.2 Å². The van der Waals surface area contributed by atoms with Crippen LogP contribution < -0.4 is 4.90 Å². The summed E-state index contributed by atoms with van der Waals surface area (Å²) in [6, 6.07) is 14.2. The van der Waals surface area contributed by atoms with E-state index in [9.17, 15) is 10.1 Å². The third kappa shape index (κ3) is 4.30. The molecule has 7 heteroatoms. The summed E-state index contributed by atoms with van der Waals surface area (Å²) in [6.45, 7) is 11.9. The van der Waals surface area contributed by atoms with E-state index in [2.05, 4.69) is 44.9 Å². The van der Waals surface area contributed by atoms with Crippen molar-refractivity contribution >= 4 is 20.1 Å². The quantitative estimate of drug-likeness (QED) is 0.533. The number of hydrogen-bond acceptors (Lipinski definition) is 5. The summed E-state index contributed by atoms with van der Waals surface area (Å²) >= 11 is 0. The molecule has 0 N–H and O–H groups in total. The molecule has 1 aromatic carbocycles. The molecule has 0 radical (unpaired) electrons. The monoisotopic (exact) mass is 449 g/mol. The number of ether oxygens (including phenoxy) is 1. The molecule has 4 rings (SSSR count). The summed E-state index contributed by atoms with van der Waals surface area (Å²) < 4.78 is 11.8. The number of amides is 1. The Labute approximate surface area is 191 Å². The summed E-state index contributed by atoms with van der Waals surface area (Å²) in [5.41, 5.74) is 3.29. The van der Waals surface area contributed by atoms with Crippen LogP contribution in [0.3, 0.4) is 0 Å². The Kier molecular flexibility index (Phi) is 5.64. The van der Waals surface area contributed by atoms with E-state index < -0.39 is 8.32 Å². The fraction of sp³-hybridized carbons (Fsp3) is 0.480. The van der Waals surface area contributed by atoms with Crippen LogP contribution >= 0.6 is 0 Å². The highest BCUT2D eigenvalue weighted by atomic mass is 28.4. The summed E-state index contributed by atoms with van der Waals surface area (Å²) in [4.78, 5) is 18.6. The molecular formula is C25H31N3O3Si. The van der Waals surface area contributed by atoms with Gasteiger partial charge in [-0.15, -0.1) is 0 Å². The molecule has 2 heterocycles. The second kappa shape index (κ2) is 8.02. The van der Waals surface area contributed by atoms with Crippen LogP contribution in [0.25, 0.3) is 11.1 Å².